The Morgan fingerprint density at radius 1 is 1.00 bits per heavy atom. The number of ketones is 1. The first kappa shape index (κ1) is 18.0. The molecule has 5 nitrogen and oxygen atoms in total. The van der Waals surface area contributed by atoms with Crippen LogP contribution < -0.4 is 4.90 Å². The van der Waals surface area contributed by atoms with Crippen molar-refractivity contribution in [1.29, 1.82) is 0 Å². The number of hydrogen-bond donors (Lipinski definition) is 2. The van der Waals surface area contributed by atoms with Gasteiger partial charge in [-0.3, -0.25) is 9.79 Å². The Hall–Kier alpha value is -2.82. The number of phenolic OH excluding ortho intramolecular Hbond substituents is 1. The van der Waals surface area contributed by atoms with Crippen LogP contribution in [0.1, 0.15) is 40.2 Å². The van der Waals surface area contributed by atoms with Crippen molar-refractivity contribution in [3.63, 3.8) is 0 Å². The molecule has 0 aromatic heterocycles. The average molecular weight is 352 g/mol. The van der Waals surface area contributed by atoms with Crippen molar-refractivity contribution >= 4 is 22.8 Å². The van der Waals surface area contributed by atoms with Gasteiger partial charge >= 0.3 is 0 Å². The summed E-state index contributed by atoms with van der Waals surface area (Å²) in [5, 5.41) is 20.9. The van der Waals surface area contributed by atoms with Crippen molar-refractivity contribution in [3.8, 4) is 5.75 Å². The van der Waals surface area contributed by atoms with Gasteiger partial charge in [0.15, 0.2) is 0 Å². The summed E-state index contributed by atoms with van der Waals surface area (Å²) in [5.74, 6) is -0.390. The van der Waals surface area contributed by atoms with Gasteiger partial charge in [0.25, 0.3) is 0 Å². The number of phenols is 1. The summed E-state index contributed by atoms with van der Waals surface area (Å²) in [6.45, 7) is 11.4. The molecule has 0 atom stereocenters. The van der Waals surface area contributed by atoms with Gasteiger partial charge in [-0.05, 0) is 57.9 Å². The number of allylic oxidation sites excluding steroid dienone is 4. The Bertz CT molecular complexity index is 929. The highest BCUT2D eigenvalue weighted by molar-refractivity contribution is 6.40. The lowest BCUT2D eigenvalue weighted by Crippen LogP contribution is -2.24. The number of aliphatic hydroxyl groups excluding tert-OH is 1. The van der Waals surface area contributed by atoms with Gasteiger partial charge in [-0.15, -0.1) is 0 Å². The number of rotatable bonds is 4. The molecule has 0 amide bonds. The zero-order chi connectivity index (χ0) is 19.2. The van der Waals surface area contributed by atoms with Gasteiger partial charge < -0.3 is 15.1 Å². The number of Topliss-reactive ketones (excluding diaryl/α,β-unsaturated/α-hetero) is 1. The van der Waals surface area contributed by atoms with Gasteiger partial charge in [0.2, 0.25) is 5.78 Å². The van der Waals surface area contributed by atoms with Crippen LogP contribution in [0.3, 0.4) is 0 Å². The number of anilines is 1. The molecule has 1 aromatic rings. The van der Waals surface area contributed by atoms with Crippen LogP contribution in [0.25, 0.3) is 5.57 Å². The minimum Gasteiger partial charge on any atom is -0.507 e. The average Bonchev–Trinajstić information content (AvgIpc) is 2.85. The van der Waals surface area contributed by atoms with Crippen LogP contribution in [-0.2, 0) is 4.79 Å². The number of aliphatic hydroxyl groups is 1. The molecule has 0 spiro atoms. The van der Waals surface area contributed by atoms with E-state index in [1.807, 2.05) is 40.7 Å². The molecule has 0 radical (unpaired) electrons. The Morgan fingerprint density at radius 3 is 2.12 bits per heavy atom. The van der Waals surface area contributed by atoms with Crippen LogP contribution in [0.2, 0.25) is 0 Å². The lowest BCUT2D eigenvalue weighted by Gasteiger charge is -2.25. The predicted octanol–water partition coefficient (Wildman–Crippen LogP) is 4.16. The Kier molecular flexibility index (Phi) is 4.48. The summed E-state index contributed by atoms with van der Waals surface area (Å²) in [5.41, 5.74) is 4.93. The minimum absolute atomic E-state index is 0.0112. The molecule has 0 bridgehead atoms. The number of carbonyl (C=O) groups excluding carboxylic acids is 1. The molecule has 3 rings (SSSR count). The van der Waals surface area contributed by atoms with Crippen LogP contribution in [0.15, 0.2) is 51.4 Å². The van der Waals surface area contributed by atoms with Crippen molar-refractivity contribution in [2.45, 2.75) is 34.6 Å². The standard InChI is InChI=1S/C21H24N2O3/c1-6-23(7-2)14-8-9-15(16(24)10-14)17-20(25)18(21(17)26)19-12(4)11(3)13(5)22-19/h8-10,24-25H,6-7H2,1-5H3. The van der Waals surface area contributed by atoms with Crippen LogP contribution in [0.5, 0.6) is 5.75 Å². The molecule has 1 aliphatic heterocycles. The highest BCUT2D eigenvalue weighted by Gasteiger charge is 2.40. The van der Waals surface area contributed by atoms with E-state index in [0.717, 1.165) is 35.6 Å². The Labute approximate surface area is 153 Å². The van der Waals surface area contributed by atoms with E-state index in [4.69, 9.17) is 0 Å². The smallest absolute Gasteiger partial charge is 0.203 e. The van der Waals surface area contributed by atoms with Crippen molar-refractivity contribution in [2.24, 2.45) is 4.99 Å². The molecular weight excluding hydrogens is 328 g/mol. The number of benzene rings is 1. The van der Waals surface area contributed by atoms with E-state index in [2.05, 4.69) is 9.89 Å². The van der Waals surface area contributed by atoms with E-state index in [1.54, 1.807) is 12.1 Å². The molecule has 0 unspecified atom stereocenters. The first-order valence-corrected chi connectivity index (χ1v) is 8.86. The Balaban J connectivity index is 2.05. The van der Waals surface area contributed by atoms with E-state index < -0.39 is 0 Å². The molecule has 1 aliphatic carbocycles. The summed E-state index contributed by atoms with van der Waals surface area (Å²) in [7, 11) is 0. The van der Waals surface area contributed by atoms with E-state index in [1.165, 1.54) is 0 Å². The normalized spacial score (nSPS) is 19.9. The highest BCUT2D eigenvalue weighted by atomic mass is 16.3. The number of hydrogen-bond acceptors (Lipinski definition) is 5. The molecule has 0 saturated heterocycles. The SMILES string of the molecule is CCN(CC)c1ccc(C2=C(O)C(=C3N=C(C)C(C)=C3C)C2=O)c(O)c1. The van der Waals surface area contributed by atoms with Gasteiger partial charge in [-0.1, -0.05) is 0 Å². The van der Waals surface area contributed by atoms with Crippen molar-refractivity contribution in [2.75, 3.05) is 18.0 Å². The van der Waals surface area contributed by atoms with E-state index in [-0.39, 0.29) is 28.4 Å². The van der Waals surface area contributed by atoms with Gasteiger partial charge in [-0.2, -0.15) is 0 Å². The lowest BCUT2D eigenvalue weighted by molar-refractivity contribution is -0.111. The van der Waals surface area contributed by atoms with E-state index in [0.29, 0.717) is 11.3 Å². The second-order valence-corrected chi connectivity index (χ2v) is 6.60. The zero-order valence-electron chi connectivity index (χ0n) is 15.8. The van der Waals surface area contributed by atoms with Crippen molar-refractivity contribution < 1.29 is 15.0 Å². The zero-order valence-corrected chi connectivity index (χ0v) is 15.8. The maximum Gasteiger partial charge on any atom is 0.203 e. The molecule has 26 heavy (non-hydrogen) atoms. The lowest BCUT2D eigenvalue weighted by atomic mass is 9.81. The van der Waals surface area contributed by atoms with E-state index in [9.17, 15) is 15.0 Å². The molecule has 0 fully saturated rings. The maximum absolute atomic E-state index is 12.7. The van der Waals surface area contributed by atoms with Gasteiger partial charge in [0.1, 0.15) is 11.5 Å². The van der Waals surface area contributed by atoms with Crippen LogP contribution >= 0.6 is 0 Å². The van der Waals surface area contributed by atoms with Gasteiger partial charge in [-0.25, -0.2) is 0 Å². The molecular formula is C21H24N2O3. The van der Waals surface area contributed by atoms with Crippen LogP contribution in [0.4, 0.5) is 5.69 Å². The molecule has 136 valence electrons. The fourth-order valence-electron chi connectivity index (χ4n) is 3.42. The van der Waals surface area contributed by atoms with Crippen molar-refractivity contribution in [3.05, 3.63) is 51.9 Å². The summed E-state index contributed by atoms with van der Waals surface area (Å²) in [6.07, 6.45) is 0. The predicted molar refractivity (Wildman–Crippen MR) is 105 cm³/mol. The maximum atomic E-state index is 12.7. The molecule has 1 heterocycles. The second-order valence-electron chi connectivity index (χ2n) is 6.60. The summed E-state index contributed by atoms with van der Waals surface area (Å²) >= 11 is 0. The highest BCUT2D eigenvalue weighted by Crippen LogP contribution is 2.44. The quantitative estimate of drug-likeness (QED) is 0.798. The van der Waals surface area contributed by atoms with Crippen molar-refractivity contribution in [1.82, 2.24) is 0 Å². The molecule has 0 saturated carbocycles. The second kappa shape index (κ2) is 6.48. The molecule has 5 heteroatoms. The third kappa shape index (κ3) is 2.55. The van der Waals surface area contributed by atoms with Gasteiger partial charge in [0, 0.05) is 36.1 Å². The molecule has 2 N–H and O–H groups in total. The first-order valence-electron chi connectivity index (χ1n) is 8.86. The fourth-order valence-corrected chi connectivity index (χ4v) is 3.42. The Morgan fingerprint density at radius 2 is 1.65 bits per heavy atom. The fraction of sp³-hybridized carbons (Fsp3) is 0.333. The van der Waals surface area contributed by atoms with Crippen LogP contribution in [0, 0.1) is 0 Å². The monoisotopic (exact) mass is 352 g/mol. The topological polar surface area (TPSA) is 73.1 Å². The number of nitrogens with zero attached hydrogens (tertiary/aromatic N) is 2. The first-order chi connectivity index (χ1) is 12.3. The third-order valence-corrected chi connectivity index (χ3v) is 5.28. The largest absolute Gasteiger partial charge is 0.507 e. The van der Waals surface area contributed by atoms with Gasteiger partial charge in [0.05, 0.1) is 16.8 Å². The molecule has 2 aliphatic rings. The number of aromatic hydroxyl groups is 1. The van der Waals surface area contributed by atoms with Crippen LogP contribution in [-0.4, -0.2) is 34.8 Å². The summed E-state index contributed by atoms with van der Waals surface area (Å²) < 4.78 is 0. The molecule has 1 aromatic carbocycles. The third-order valence-electron chi connectivity index (χ3n) is 5.28. The minimum atomic E-state index is -0.283. The number of aliphatic imine (C=N–C) groups is 1. The summed E-state index contributed by atoms with van der Waals surface area (Å²) in [4.78, 5) is 19.2. The van der Waals surface area contributed by atoms with E-state index >= 15 is 0 Å². The summed E-state index contributed by atoms with van der Waals surface area (Å²) in [6, 6.07) is 5.17. The number of carbonyl (C=O) groups is 1.